The molecule has 39 heavy (non-hydrogen) atoms. The van der Waals surface area contributed by atoms with Crippen molar-refractivity contribution >= 4 is 11.9 Å². The van der Waals surface area contributed by atoms with E-state index in [1.807, 2.05) is 62.4 Å². The van der Waals surface area contributed by atoms with Crippen LogP contribution in [0.1, 0.15) is 52.7 Å². The first kappa shape index (κ1) is 31.6. The minimum Gasteiger partial charge on any atom is -0.487 e. The van der Waals surface area contributed by atoms with Crippen molar-refractivity contribution in [2.24, 2.45) is 0 Å². The van der Waals surface area contributed by atoms with Crippen molar-refractivity contribution < 1.29 is 38.0 Å². The molecule has 0 saturated heterocycles. The Labute approximate surface area is 231 Å². The van der Waals surface area contributed by atoms with E-state index in [0.29, 0.717) is 35.9 Å². The lowest BCUT2D eigenvalue weighted by Crippen LogP contribution is -2.28. The lowest BCUT2D eigenvalue weighted by molar-refractivity contribution is -0.180. The summed E-state index contributed by atoms with van der Waals surface area (Å²) in [5.41, 5.74) is 2.46. The third-order valence-corrected chi connectivity index (χ3v) is 5.80. The molecule has 2 aromatic carbocycles. The molecular weight excluding hydrogens is 500 g/mol. The van der Waals surface area contributed by atoms with Crippen LogP contribution in [0, 0.1) is 0 Å². The number of carbonyl (C=O) groups excluding carboxylic acids is 2. The van der Waals surface area contributed by atoms with Gasteiger partial charge in [-0.1, -0.05) is 51.3 Å². The van der Waals surface area contributed by atoms with Crippen LogP contribution in [0.25, 0.3) is 0 Å². The van der Waals surface area contributed by atoms with E-state index in [4.69, 9.17) is 28.4 Å². The lowest BCUT2D eigenvalue weighted by Gasteiger charge is -2.27. The Morgan fingerprint density at radius 3 is 1.31 bits per heavy atom. The zero-order chi connectivity index (χ0) is 29.0. The first-order valence-electron chi connectivity index (χ1n) is 12.9. The van der Waals surface area contributed by atoms with E-state index in [1.54, 1.807) is 13.8 Å². The Kier molecular flexibility index (Phi) is 12.2. The lowest BCUT2D eigenvalue weighted by atomic mass is 9.78. The highest BCUT2D eigenvalue weighted by molar-refractivity contribution is 5.87. The second kappa shape index (κ2) is 15.1. The van der Waals surface area contributed by atoms with Gasteiger partial charge in [-0.3, -0.25) is 0 Å². The van der Waals surface area contributed by atoms with Gasteiger partial charge in [0.25, 0.3) is 0 Å². The Morgan fingerprint density at radius 2 is 1.03 bits per heavy atom. The Morgan fingerprint density at radius 1 is 0.692 bits per heavy atom. The third kappa shape index (κ3) is 9.89. The largest absolute Gasteiger partial charge is 0.487 e. The number of rotatable bonds is 16. The van der Waals surface area contributed by atoms with Crippen molar-refractivity contribution in [2.45, 2.75) is 59.5 Å². The maximum Gasteiger partial charge on any atom is 0.335 e. The van der Waals surface area contributed by atoms with E-state index >= 15 is 0 Å². The summed E-state index contributed by atoms with van der Waals surface area (Å²) in [6.07, 6.45) is -1.64. The van der Waals surface area contributed by atoms with Gasteiger partial charge in [-0.15, -0.1) is 0 Å². The number of hydrogen-bond acceptors (Lipinski definition) is 8. The first-order chi connectivity index (χ1) is 18.5. The molecule has 2 aromatic rings. The molecule has 2 atom stereocenters. The molecular formula is C31H40O8. The fourth-order valence-corrected chi connectivity index (χ4v) is 3.47. The van der Waals surface area contributed by atoms with Gasteiger partial charge in [0.05, 0.1) is 0 Å². The molecule has 0 amide bonds. The maximum atomic E-state index is 11.8. The van der Waals surface area contributed by atoms with Crippen LogP contribution in [0.15, 0.2) is 72.8 Å². The van der Waals surface area contributed by atoms with E-state index in [-0.39, 0.29) is 18.6 Å². The molecule has 0 aliphatic carbocycles. The van der Waals surface area contributed by atoms with Crippen molar-refractivity contribution in [3.8, 4) is 11.5 Å². The molecule has 212 valence electrons. The molecule has 0 aliphatic heterocycles. The Bertz CT molecular complexity index is 1010. The van der Waals surface area contributed by atoms with Gasteiger partial charge >= 0.3 is 11.9 Å². The van der Waals surface area contributed by atoms with Gasteiger partial charge in [0.15, 0.2) is 13.2 Å². The van der Waals surface area contributed by atoms with Gasteiger partial charge in [0.1, 0.15) is 11.5 Å². The summed E-state index contributed by atoms with van der Waals surface area (Å²) in [6.45, 7) is 19.1. The number of benzene rings is 2. The van der Waals surface area contributed by atoms with Crippen molar-refractivity contribution in [3.05, 3.63) is 84.0 Å². The van der Waals surface area contributed by atoms with Gasteiger partial charge in [0, 0.05) is 29.8 Å². The monoisotopic (exact) mass is 540 g/mol. The van der Waals surface area contributed by atoms with Crippen LogP contribution in [-0.2, 0) is 34.0 Å². The normalized spacial score (nSPS) is 12.7. The van der Waals surface area contributed by atoms with Crippen LogP contribution in [0.4, 0.5) is 0 Å². The average Bonchev–Trinajstić information content (AvgIpc) is 2.90. The quantitative estimate of drug-likeness (QED) is 0.151. The van der Waals surface area contributed by atoms with E-state index in [9.17, 15) is 9.59 Å². The summed E-state index contributed by atoms with van der Waals surface area (Å²) in [5, 5.41) is 0. The molecule has 0 N–H and O–H groups in total. The van der Waals surface area contributed by atoms with Gasteiger partial charge in [-0.2, -0.15) is 0 Å². The van der Waals surface area contributed by atoms with E-state index < -0.39 is 24.5 Å². The van der Waals surface area contributed by atoms with Crippen molar-refractivity contribution in [1.82, 2.24) is 0 Å². The summed E-state index contributed by atoms with van der Waals surface area (Å²) in [6, 6.07) is 15.5. The highest BCUT2D eigenvalue weighted by atomic mass is 16.7. The molecule has 8 heteroatoms. The number of hydrogen-bond donors (Lipinski definition) is 0. The highest BCUT2D eigenvalue weighted by Crippen LogP contribution is 2.33. The summed E-state index contributed by atoms with van der Waals surface area (Å²) in [4.78, 5) is 23.6. The molecule has 8 nitrogen and oxygen atoms in total. The SMILES string of the molecule is C=C(C)C(=O)OC(COc1ccc(C(C)(C)c2ccc(OCC(OCC)OC(=O)C(=C)C)cc2)cc1)OCC. The summed E-state index contributed by atoms with van der Waals surface area (Å²) >= 11 is 0. The van der Waals surface area contributed by atoms with Crippen LogP contribution in [0.2, 0.25) is 0 Å². The molecule has 0 spiro atoms. The van der Waals surface area contributed by atoms with Gasteiger partial charge in [-0.05, 0) is 63.1 Å². The summed E-state index contributed by atoms with van der Waals surface area (Å²) in [5.74, 6) is 0.216. The van der Waals surface area contributed by atoms with Gasteiger partial charge in [-0.25, -0.2) is 9.59 Å². The summed E-state index contributed by atoms with van der Waals surface area (Å²) < 4.78 is 33.0. The molecule has 0 aromatic heterocycles. The van der Waals surface area contributed by atoms with Crippen molar-refractivity contribution in [2.75, 3.05) is 26.4 Å². The predicted octanol–water partition coefficient (Wildman–Crippen LogP) is 5.73. The van der Waals surface area contributed by atoms with Crippen LogP contribution in [-0.4, -0.2) is 50.9 Å². The van der Waals surface area contributed by atoms with Gasteiger partial charge in [0.2, 0.25) is 12.6 Å². The molecule has 0 heterocycles. The van der Waals surface area contributed by atoms with Crippen LogP contribution in [0.5, 0.6) is 11.5 Å². The third-order valence-electron chi connectivity index (χ3n) is 5.80. The van der Waals surface area contributed by atoms with Crippen LogP contribution < -0.4 is 9.47 Å². The van der Waals surface area contributed by atoms with E-state index in [0.717, 1.165) is 11.1 Å². The van der Waals surface area contributed by atoms with E-state index in [2.05, 4.69) is 27.0 Å². The summed E-state index contributed by atoms with van der Waals surface area (Å²) in [7, 11) is 0. The first-order valence-corrected chi connectivity index (χ1v) is 12.9. The fourth-order valence-electron chi connectivity index (χ4n) is 3.47. The maximum absolute atomic E-state index is 11.8. The molecule has 0 radical (unpaired) electrons. The molecule has 2 rings (SSSR count). The molecule has 0 fully saturated rings. The van der Waals surface area contributed by atoms with Gasteiger partial charge < -0.3 is 28.4 Å². The zero-order valence-electron chi connectivity index (χ0n) is 23.8. The van der Waals surface area contributed by atoms with Crippen LogP contribution >= 0.6 is 0 Å². The fraction of sp³-hybridized carbons (Fsp3) is 0.419. The number of esters is 2. The second-order valence-electron chi connectivity index (χ2n) is 9.44. The smallest absolute Gasteiger partial charge is 0.335 e. The number of ether oxygens (including phenoxy) is 6. The molecule has 2 unspecified atom stereocenters. The predicted molar refractivity (Wildman–Crippen MR) is 149 cm³/mol. The molecule has 0 bridgehead atoms. The van der Waals surface area contributed by atoms with E-state index in [1.165, 1.54) is 0 Å². The minimum atomic E-state index is -0.821. The average molecular weight is 541 g/mol. The number of carbonyl (C=O) groups is 2. The second-order valence-corrected chi connectivity index (χ2v) is 9.44. The van der Waals surface area contributed by atoms with Crippen molar-refractivity contribution in [3.63, 3.8) is 0 Å². The standard InChI is InChI=1S/C31H40O8/c1-9-34-27(38-29(32)21(3)4)19-36-25-15-11-23(12-16-25)31(7,8)24-13-17-26(18-14-24)37-20-28(35-10-2)39-30(33)22(5)6/h11-18,27-28H,3,5,9-10,19-20H2,1-2,4,6-8H3. The highest BCUT2D eigenvalue weighted by Gasteiger charge is 2.24. The molecule has 0 saturated carbocycles. The zero-order valence-corrected chi connectivity index (χ0v) is 23.8. The Balaban J connectivity index is 2.00. The van der Waals surface area contributed by atoms with Crippen LogP contribution in [0.3, 0.4) is 0 Å². The van der Waals surface area contributed by atoms with Crippen molar-refractivity contribution in [1.29, 1.82) is 0 Å². The Hall–Kier alpha value is -3.62. The molecule has 0 aliphatic rings. The topological polar surface area (TPSA) is 89.5 Å². The minimum absolute atomic E-state index is 0.0631.